The van der Waals surface area contributed by atoms with Crippen molar-refractivity contribution in [3.05, 3.63) is 63.8 Å². The number of halogens is 1. The van der Waals surface area contributed by atoms with Gasteiger partial charge in [-0.1, -0.05) is 36.4 Å². The number of ether oxygens (including phenoxy) is 2. The molecule has 0 aliphatic rings. The molecule has 2 aromatic heterocycles. The molecule has 0 bridgehead atoms. The number of amides is 1. The summed E-state index contributed by atoms with van der Waals surface area (Å²) in [6.45, 7) is 8.82. The van der Waals surface area contributed by atoms with E-state index in [9.17, 15) is 9.59 Å². The van der Waals surface area contributed by atoms with Crippen molar-refractivity contribution in [3.63, 3.8) is 0 Å². The van der Waals surface area contributed by atoms with Crippen molar-refractivity contribution in [1.29, 1.82) is 0 Å². The topological polar surface area (TPSA) is 95.3 Å². The van der Waals surface area contributed by atoms with Gasteiger partial charge in [-0.25, -0.2) is 4.79 Å². The number of aromatic nitrogens is 3. The summed E-state index contributed by atoms with van der Waals surface area (Å²) in [5.41, 5.74) is 1.35. The van der Waals surface area contributed by atoms with Crippen LogP contribution >= 0.6 is 34.7 Å². The molecule has 0 aliphatic heterocycles. The molecule has 0 saturated carbocycles. The van der Waals surface area contributed by atoms with Crippen LogP contribution in [-0.4, -0.2) is 46.1 Å². The first-order valence-corrected chi connectivity index (χ1v) is 13.6. The Labute approximate surface area is 224 Å². The Morgan fingerprint density at radius 3 is 2.81 bits per heavy atom. The zero-order valence-corrected chi connectivity index (χ0v) is 22.9. The molecule has 1 amide bonds. The van der Waals surface area contributed by atoms with E-state index in [1.165, 1.54) is 30.2 Å². The van der Waals surface area contributed by atoms with E-state index >= 15 is 0 Å². The van der Waals surface area contributed by atoms with Crippen LogP contribution in [0.2, 0.25) is 5.02 Å². The zero-order chi connectivity index (χ0) is 26.1. The molecular weight excluding hydrogens is 520 g/mol. The predicted molar refractivity (Wildman–Crippen MR) is 145 cm³/mol. The van der Waals surface area contributed by atoms with Crippen molar-refractivity contribution in [2.75, 3.05) is 24.8 Å². The number of thiophene rings is 1. The predicted octanol–water partition coefficient (Wildman–Crippen LogP) is 5.58. The fourth-order valence-electron chi connectivity index (χ4n) is 3.37. The number of carbonyl (C=O) groups excluding carboxylic acids is 2. The maximum atomic E-state index is 12.6. The van der Waals surface area contributed by atoms with E-state index in [0.29, 0.717) is 40.3 Å². The Bertz CT molecular complexity index is 1220. The van der Waals surface area contributed by atoms with Gasteiger partial charge in [0.05, 0.1) is 25.0 Å². The van der Waals surface area contributed by atoms with Crippen LogP contribution in [-0.2, 0) is 28.9 Å². The van der Waals surface area contributed by atoms with E-state index < -0.39 is 5.97 Å². The van der Waals surface area contributed by atoms with Crippen molar-refractivity contribution in [2.24, 2.45) is 0 Å². The van der Waals surface area contributed by atoms with E-state index in [1.807, 2.05) is 36.6 Å². The number of methoxy groups -OCH3 is 1. The zero-order valence-electron chi connectivity index (χ0n) is 20.5. The van der Waals surface area contributed by atoms with E-state index in [4.69, 9.17) is 21.1 Å². The fraction of sp³-hybridized carbons (Fsp3) is 0.360. The molecule has 0 atom stereocenters. The highest BCUT2D eigenvalue weighted by molar-refractivity contribution is 7.99. The fourth-order valence-corrected chi connectivity index (χ4v) is 5.37. The molecule has 2 heterocycles. The number of hydrogen-bond donors (Lipinski definition) is 1. The molecule has 0 fully saturated rings. The third kappa shape index (κ3) is 7.35. The summed E-state index contributed by atoms with van der Waals surface area (Å²) in [6.07, 6.45) is 3.94. The molecule has 0 spiro atoms. The number of anilines is 1. The first kappa shape index (κ1) is 27.8. The number of esters is 1. The van der Waals surface area contributed by atoms with Gasteiger partial charge in [-0.2, -0.15) is 0 Å². The second-order valence-electron chi connectivity index (χ2n) is 7.80. The summed E-state index contributed by atoms with van der Waals surface area (Å²) in [5, 5.41) is 13.2. The molecule has 0 unspecified atom stereocenters. The lowest BCUT2D eigenvalue weighted by atomic mass is 10.2. The van der Waals surface area contributed by atoms with Crippen LogP contribution in [0.3, 0.4) is 0 Å². The highest BCUT2D eigenvalue weighted by atomic mass is 35.5. The standard InChI is InChI=1S/C25H29ClN4O4S2/c1-5-11-30-21(8-7-12-34-20-10-9-17(26)13-16(20)3)28-29-25(30)35-15-22(31)27-23-19(24(32)33-4)14-18(6-2)36-23/h5,9-10,13-14H,1,6-8,11-12,15H2,2-4H3,(H,27,31). The number of benzene rings is 1. The summed E-state index contributed by atoms with van der Waals surface area (Å²) in [5.74, 6) is 1.01. The first-order chi connectivity index (χ1) is 17.4. The third-order valence-corrected chi connectivity index (χ3v) is 7.56. The van der Waals surface area contributed by atoms with E-state index in [0.717, 1.165) is 34.9 Å². The monoisotopic (exact) mass is 548 g/mol. The van der Waals surface area contributed by atoms with Crippen LogP contribution in [0.1, 0.15) is 40.0 Å². The molecule has 0 aliphatic carbocycles. The molecule has 36 heavy (non-hydrogen) atoms. The molecule has 3 rings (SSSR count). The van der Waals surface area contributed by atoms with Gasteiger partial charge >= 0.3 is 5.97 Å². The molecule has 0 saturated heterocycles. The van der Waals surface area contributed by atoms with Gasteiger partial charge in [0.25, 0.3) is 0 Å². The average Bonchev–Trinajstić information content (AvgIpc) is 3.45. The normalized spacial score (nSPS) is 10.8. The molecule has 0 radical (unpaired) electrons. The van der Waals surface area contributed by atoms with Crippen molar-refractivity contribution in [2.45, 2.75) is 44.8 Å². The summed E-state index contributed by atoms with van der Waals surface area (Å²) in [7, 11) is 1.32. The number of rotatable bonds is 13. The lowest BCUT2D eigenvalue weighted by Crippen LogP contribution is -2.16. The summed E-state index contributed by atoms with van der Waals surface area (Å²) >= 11 is 8.65. The van der Waals surface area contributed by atoms with Crippen molar-refractivity contribution in [1.82, 2.24) is 14.8 Å². The summed E-state index contributed by atoms with van der Waals surface area (Å²) < 4.78 is 12.6. The molecule has 8 nitrogen and oxygen atoms in total. The van der Waals surface area contributed by atoms with Crippen molar-refractivity contribution < 1.29 is 19.1 Å². The maximum absolute atomic E-state index is 12.6. The van der Waals surface area contributed by atoms with Crippen LogP contribution < -0.4 is 10.1 Å². The largest absolute Gasteiger partial charge is 0.493 e. The molecular formula is C25H29ClN4O4S2. The minimum atomic E-state index is -0.473. The van der Waals surface area contributed by atoms with Crippen LogP contribution in [0.15, 0.2) is 42.1 Å². The van der Waals surface area contributed by atoms with Gasteiger partial charge in [0.15, 0.2) is 5.16 Å². The molecule has 1 N–H and O–H groups in total. The van der Waals surface area contributed by atoms with Gasteiger partial charge < -0.3 is 19.4 Å². The van der Waals surface area contributed by atoms with Crippen molar-refractivity contribution >= 4 is 51.6 Å². The Hall–Kier alpha value is -2.82. The van der Waals surface area contributed by atoms with Gasteiger partial charge in [-0.3, -0.25) is 4.79 Å². The van der Waals surface area contributed by atoms with Crippen molar-refractivity contribution in [3.8, 4) is 5.75 Å². The second kappa shape index (κ2) is 13.5. The number of nitrogens with one attached hydrogen (secondary N) is 1. The number of allylic oxidation sites excluding steroid dienone is 1. The number of nitrogens with zero attached hydrogens (tertiary/aromatic N) is 3. The number of hydrogen-bond acceptors (Lipinski definition) is 8. The Balaban J connectivity index is 1.57. The van der Waals surface area contributed by atoms with Gasteiger partial charge in [0.1, 0.15) is 16.6 Å². The quantitative estimate of drug-likeness (QED) is 0.129. The summed E-state index contributed by atoms with van der Waals surface area (Å²) in [6, 6.07) is 7.30. The van der Waals surface area contributed by atoms with Gasteiger partial charge in [-0.05, 0) is 49.6 Å². The SMILES string of the molecule is C=CCn1c(CCCOc2ccc(Cl)cc2C)nnc1SCC(=O)Nc1sc(CC)cc1C(=O)OC. The maximum Gasteiger partial charge on any atom is 0.340 e. The van der Waals surface area contributed by atoms with Gasteiger partial charge in [0.2, 0.25) is 5.91 Å². The number of carbonyl (C=O) groups is 2. The van der Waals surface area contributed by atoms with Crippen LogP contribution in [0.4, 0.5) is 5.00 Å². The molecule has 11 heteroatoms. The van der Waals surface area contributed by atoms with Gasteiger partial charge in [0, 0.05) is 22.9 Å². The van der Waals surface area contributed by atoms with Gasteiger partial charge in [-0.15, -0.1) is 28.1 Å². The third-order valence-electron chi connectivity index (χ3n) is 5.17. The highest BCUT2D eigenvalue weighted by Crippen LogP contribution is 2.30. The average molecular weight is 549 g/mol. The first-order valence-electron chi connectivity index (χ1n) is 11.4. The Morgan fingerprint density at radius 1 is 1.31 bits per heavy atom. The minimum absolute atomic E-state index is 0.119. The van der Waals surface area contributed by atoms with Crippen LogP contribution in [0.25, 0.3) is 0 Å². The molecule has 1 aromatic carbocycles. The van der Waals surface area contributed by atoms with Crippen LogP contribution in [0, 0.1) is 6.92 Å². The molecule has 3 aromatic rings. The minimum Gasteiger partial charge on any atom is -0.493 e. The van der Waals surface area contributed by atoms with Crippen LogP contribution in [0.5, 0.6) is 5.75 Å². The lowest BCUT2D eigenvalue weighted by Gasteiger charge is -2.10. The molecule has 192 valence electrons. The highest BCUT2D eigenvalue weighted by Gasteiger charge is 2.19. The van der Waals surface area contributed by atoms with E-state index in [-0.39, 0.29) is 11.7 Å². The number of thioether (sulfide) groups is 1. The smallest absolute Gasteiger partial charge is 0.340 e. The van der Waals surface area contributed by atoms with E-state index in [2.05, 4.69) is 22.1 Å². The van der Waals surface area contributed by atoms with E-state index in [1.54, 1.807) is 12.1 Å². The Morgan fingerprint density at radius 2 is 2.11 bits per heavy atom. The lowest BCUT2D eigenvalue weighted by molar-refractivity contribution is -0.113. The summed E-state index contributed by atoms with van der Waals surface area (Å²) in [4.78, 5) is 25.7. The number of aryl methyl sites for hydroxylation is 3. The Kier molecular flexibility index (Phi) is 10.4. The second-order valence-corrected chi connectivity index (χ2v) is 10.3.